The molecule has 90 valence electrons. The fraction of sp³-hybridized carbons (Fsp3) is 0.0714. The van der Waals surface area contributed by atoms with Crippen LogP contribution in [0.4, 0.5) is 4.39 Å². The van der Waals surface area contributed by atoms with Crippen molar-refractivity contribution in [3.8, 4) is 0 Å². The van der Waals surface area contributed by atoms with E-state index in [4.69, 9.17) is 0 Å². The molecule has 0 saturated carbocycles. The lowest BCUT2D eigenvalue weighted by molar-refractivity contribution is 0.624. The van der Waals surface area contributed by atoms with Crippen LogP contribution in [0.5, 0.6) is 0 Å². The van der Waals surface area contributed by atoms with Crippen molar-refractivity contribution in [1.29, 1.82) is 0 Å². The number of hydrogen-bond donors (Lipinski definition) is 0. The van der Waals surface area contributed by atoms with Crippen molar-refractivity contribution in [3.05, 3.63) is 64.5 Å². The zero-order valence-corrected chi connectivity index (χ0v) is 11.1. The zero-order chi connectivity index (χ0) is 12.5. The van der Waals surface area contributed by atoms with Gasteiger partial charge in [0.15, 0.2) is 0 Å². The van der Waals surface area contributed by atoms with Crippen LogP contribution in [0.1, 0.15) is 5.56 Å². The SMILES string of the molecule is Fc1ccc(Cn2cc3cccc(Br)c3n2)cc1. The molecule has 0 fully saturated rings. The van der Waals surface area contributed by atoms with Gasteiger partial charge in [0.1, 0.15) is 11.3 Å². The van der Waals surface area contributed by atoms with Gasteiger partial charge in [0.25, 0.3) is 0 Å². The summed E-state index contributed by atoms with van der Waals surface area (Å²) in [5, 5.41) is 5.60. The molecule has 0 aliphatic heterocycles. The summed E-state index contributed by atoms with van der Waals surface area (Å²) in [4.78, 5) is 0. The van der Waals surface area contributed by atoms with Crippen molar-refractivity contribution in [2.75, 3.05) is 0 Å². The highest BCUT2D eigenvalue weighted by Gasteiger charge is 2.04. The Bertz CT molecular complexity index is 689. The van der Waals surface area contributed by atoms with Crippen LogP contribution in [0.3, 0.4) is 0 Å². The molecule has 2 nitrogen and oxygen atoms in total. The summed E-state index contributed by atoms with van der Waals surface area (Å²) in [5.41, 5.74) is 1.97. The third-order valence-electron chi connectivity index (χ3n) is 2.79. The lowest BCUT2D eigenvalue weighted by Crippen LogP contribution is -1.99. The molecule has 0 aliphatic carbocycles. The smallest absolute Gasteiger partial charge is 0.123 e. The van der Waals surface area contributed by atoms with Gasteiger partial charge in [-0.2, -0.15) is 5.10 Å². The molecule has 0 N–H and O–H groups in total. The third-order valence-corrected chi connectivity index (χ3v) is 3.43. The van der Waals surface area contributed by atoms with E-state index in [2.05, 4.69) is 21.0 Å². The largest absolute Gasteiger partial charge is 0.267 e. The van der Waals surface area contributed by atoms with Crippen molar-refractivity contribution in [2.24, 2.45) is 0 Å². The normalized spacial score (nSPS) is 11.0. The third kappa shape index (κ3) is 2.16. The van der Waals surface area contributed by atoms with Gasteiger partial charge in [0.2, 0.25) is 0 Å². The Kier molecular flexibility index (Phi) is 2.88. The summed E-state index contributed by atoms with van der Waals surface area (Å²) in [6, 6.07) is 12.5. The van der Waals surface area contributed by atoms with Crippen LogP contribution >= 0.6 is 15.9 Å². The molecule has 2 aromatic carbocycles. The highest BCUT2D eigenvalue weighted by molar-refractivity contribution is 9.10. The number of fused-ring (bicyclic) bond motifs is 1. The van der Waals surface area contributed by atoms with Crippen molar-refractivity contribution in [2.45, 2.75) is 6.54 Å². The molecule has 0 amide bonds. The summed E-state index contributed by atoms with van der Waals surface area (Å²) in [6.45, 7) is 0.640. The molecular weight excluding hydrogens is 295 g/mol. The molecule has 0 saturated heterocycles. The molecule has 18 heavy (non-hydrogen) atoms. The fourth-order valence-corrected chi connectivity index (χ4v) is 2.38. The quantitative estimate of drug-likeness (QED) is 0.700. The molecule has 1 heterocycles. The second-order valence-corrected chi connectivity index (χ2v) is 4.99. The summed E-state index contributed by atoms with van der Waals surface area (Å²) >= 11 is 3.48. The van der Waals surface area contributed by atoms with E-state index in [9.17, 15) is 4.39 Å². The van der Waals surface area contributed by atoms with Crippen LogP contribution in [-0.2, 0) is 6.54 Å². The van der Waals surface area contributed by atoms with Crippen LogP contribution in [0.15, 0.2) is 53.1 Å². The van der Waals surface area contributed by atoms with E-state index < -0.39 is 0 Å². The summed E-state index contributed by atoms with van der Waals surface area (Å²) in [6.07, 6.45) is 1.99. The molecule has 0 atom stereocenters. The maximum atomic E-state index is 12.8. The van der Waals surface area contributed by atoms with Crippen LogP contribution in [0, 0.1) is 5.82 Å². The van der Waals surface area contributed by atoms with Gasteiger partial charge >= 0.3 is 0 Å². The van der Waals surface area contributed by atoms with Gasteiger partial charge in [-0.15, -0.1) is 0 Å². The number of hydrogen-bond acceptors (Lipinski definition) is 1. The average Bonchev–Trinajstić information content (AvgIpc) is 2.76. The maximum absolute atomic E-state index is 12.8. The summed E-state index contributed by atoms with van der Waals surface area (Å²) in [5.74, 6) is -0.216. The lowest BCUT2D eigenvalue weighted by Gasteiger charge is -2.01. The van der Waals surface area contributed by atoms with Crippen LogP contribution in [-0.4, -0.2) is 9.78 Å². The molecule has 0 radical (unpaired) electrons. The molecular formula is C14H10BrFN2. The first kappa shape index (κ1) is 11.4. The topological polar surface area (TPSA) is 17.8 Å². The van der Waals surface area contributed by atoms with Gasteiger partial charge < -0.3 is 0 Å². The molecule has 0 spiro atoms. The van der Waals surface area contributed by atoms with Gasteiger partial charge in [-0.05, 0) is 39.7 Å². The van der Waals surface area contributed by atoms with Gasteiger partial charge in [0.05, 0.1) is 6.54 Å². The van der Waals surface area contributed by atoms with Crippen LogP contribution in [0.2, 0.25) is 0 Å². The monoisotopic (exact) mass is 304 g/mol. The van der Waals surface area contributed by atoms with E-state index >= 15 is 0 Å². The summed E-state index contributed by atoms with van der Waals surface area (Å²) < 4.78 is 15.7. The second-order valence-electron chi connectivity index (χ2n) is 4.13. The zero-order valence-electron chi connectivity index (χ0n) is 9.48. The van der Waals surface area contributed by atoms with E-state index in [1.54, 1.807) is 12.1 Å². The highest BCUT2D eigenvalue weighted by Crippen LogP contribution is 2.22. The molecule has 0 aliphatic rings. The maximum Gasteiger partial charge on any atom is 0.123 e. The summed E-state index contributed by atoms with van der Waals surface area (Å²) in [7, 11) is 0. The van der Waals surface area contributed by atoms with Crippen molar-refractivity contribution >= 4 is 26.8 Å². The molecule has 0 unspecified atom stereocenters. The van der Waals surface area contributed by atoms with Gasteiger partial charge in [-0.25, -0.2) is 4.39 Å². The van der Waals surface area contributed by atoms with E-state index in [1.807, 2.05) is 29.1 Å². The lowest BCUT2D eigenvalue weighted by atomic mass is 10.2. The molecule has 1 aromatic heterocycles. The Morgan fingerprint density at radius 1 is 1.11 bits per heavy atom. The van der Waals surface area contributed by atoms with Crippen molar-refractivity contribution in [1.82, 2.24) is 9.78 Å². The number of rotatable bonds is 2. The number of halogens is 2. The second kappa shape index (κ2) is 4.53. The van der Waals surface area contributed by atoms with E-state index in [-0.39, 0.29) is 5.82 Å². The average molecular weight is 305 g/mol. The Balaban J connectivity index is 1.95. The first-order valence-corrected chi connectivity index (χ1v) is 6.38. The van der Waals surface area contributed by atoms with E-state index in [0.29, 0.717) is 6.54 Å². The van der Waals surface area contributed by atoms with Gasteiger partial charge in [0, 0.05) is 16.1 Å². The van der Waals surface area contributed by atoms with Crippen LogP contribution < -0.4 is 0 Å². The minimum atomic E-state index is -0.216. The molecule has 0 bridgehead atoms. The first-order chi connectivity index (χ1) is 8.72. The van der Waals surface area contributed by atoms with Gasteiger partial charge in [-0.1, -0.05) is 24.3 Å². The van der Waals surface area contributed by atoms with Crippen molar-refractivity contribution < 1.29 is 4.39 Å². The minimum absolute atomic E-state index is 0.216. The first-order valence-electron chi connectivity index (χ1n) is 5.58. The Morgan fingerprint density at radius 2 is 1.89 bits per heavy atom. The Hall–Kier alpha value is -1.68. The Labute approximate surface area is 112 Å². The van der Waals surface area contributed by atoms with E-state index in [0.717, 1.165) is 20.9 Å². The predicted octanol–water partition coefficient (Wildman–Crippen LogP) is 3.99. The number of aromatic nitrogens is 2. The highest BCUT2D eigenvalue weighted by atomic mass is 79.9. The number of nitrogens with zero attached hydrogens (tertiary/aromatic N) is 2. The van der Waals surface area contributed by atoms with E-state index in [1.165, 1.54) is 12.1 Å². The molecule has 4 heteroatoms. The van der Waals surface area contributed by atoms with Gasteiger partial charge in [-0.3, -0.25) is 4.68 Å². The minimum Gasteiger partial charge on any atom is -0.267 e. The van der Waals surface area contributed by atoms with Crippen LogP contribution in [0.25, 0.3) is 10.9 Å². The standard InChI is InChI=1S/C14H10BrFN2/c15-13-3-1-2-11-9-18(17-14(11)13)8-10-4-6-12(16)7-5-10/h1-7,9H,8H2. The Morgan fingerprint density at radius 3 is 2.61 bits per heavy atom. The molecule has 3 aromatic rings. The molecule has 3 rings (SSSR count). The van der Waals surface area contributed by atoms with Crippen molar-refractivity contribution in [3.63, 3.8) is 0 Å². The fourth-order valence-electron chi connectivity index (χ4n) is 1.92. The number of benzene rings is 2. The predicted molar refractivity (Wildman–Crippen MR) is 72.9 cm³/mol.